The molecule has 10 aromatic carbocycles. The highest BCUT2D eigenvalue weighted by Gasteiger charge is 2.46. The van der Waals surface area contributed by atoms with Crippen LogP contribution in [0.5, 0.6) is 0 Å². The van der Waals surface area contributed by atoms with Gasteiger partial charge in [0.25, 0.3) is 0 Å². The summed E-state index contributed by atoms with van der Waals surface area (Å²) < 4.78 is 646. The lowest BCUT2D eigenvalue weighted by Crippen LogP contribution is -2.15. The van der Waals surface area contributed by atoms with E-state index in [9.17, 15) is 52.7 Å². The van der Waals surface area contributed by atoms with Crippen LogP contribution in [0.2, 0.25) is 0 Å². The van der Waals surface area contributed by atoms with Gasteiger partial charge in [-0.15, -0.1) is 0 Å². The fourth-order valence-corrected chi connectivity index (χ4v) is 10.4. The molecule has 10 aromatic rings. The van der Waals surface area contributed by atoms with Crippen LogP contribution < -0.4 is 0 Å². The van der Waals surface area contributed by atoms with Crippen LogP contribution in [0.15, 0.2) is 0 Å². The highest BCUT2D eigenvalue weighted by molar-refractivity contribution is 5.92. The molecule has 41 heteroatoms. The van der Waals surface area contributed by atoms with Crippen molar-refractivity contribution in [2.45, 2.75) is 6.92 Å². The molecule has 0 heterocycles. The van der Waals surface area contributed by atoms with Crippen LogP contribution in [0.1, 0.15) is 5.56 Å². The lowest BCUT2D eigenvalue weighted by molar-refractivity contribution is 0.379. The smallest absolute Gasteiger partial charge is 0.200 e. The van der Waals surface area contributed by atoms with E-state index < -0.39 is 344 Å². The van der Waals surface area contributed by atoms with E-state index >= 15 is 127 Å². The summed E-state index contributed by atoms with van der Waals surface area (Å²) in [5, 5.41) is 0. The molecule has 0 saturated heterocycles. The zero-order valence-electron chi connectivity index (χ0n) is 46.5. The zero-order chi connectivity index (χ0) is 76.6. The molecule has 0 atom stereocenters. The van der Waals surface area contributed by atoms with E-state index in [-0.39, 0.29) is 6.92 Å². The summed E-state index contributed by atoms with van der Waals surface area (Å²) in [5.41, 5.74) is -65.6. The highest BCUT2D eigenvalue weighted by Crippen LogP contribution is 2.55. The Kier molecular flexibility index (Phi) is 18.2. The molecule has 0 amide bonds. The van der Waals surface area contributed by atoms with Gasteiger partial charge in [-0.05, 0) is 12.5 Å². The first-order chi connectivity index (χ1) is 47.2. The van der Waals surface area contributed by atoms with Crippen LogP contribution in [0.4, 0.5) is 180 Å². The Morgan fingerprint density at radius 1 is 0.0784 bits per heavy atom. The Labute approximate surface area is 530 Å². The molecular weight excluding hydrogens is 1510 g/mol. The number of benzene rings is 10. The summed E-state index contributed by atoms with van der Waals surface area (Å²) in [6.45, 7) is -0.313. The second kappa shape index (κ2) is 25.1. The Bertz CT molecular complexity index is 4640. The third-order valence-electron chi connectivity index (χ3n) is 15.1. The first-order valence-corrected chi connectivity index (χ1v) is 25.5. The maximum atomic E-state index is 18.0. The largest absolute Gasteiger partial charge is 0.206 e. The lowest BCUT2D eigenvalue weighted by Gasteiger charge is -2.23. The van der Waals surface area contributed by atoms with E-state index in [2.05, 4.69) is 0 Å². The van der Waals surface area contributed by atoms with Gasteiger partial charge in [0.15, 0.2) is 175 Å². The number of hydrogen-bond acceptors (Lipinski definition) is 0. The van der Waals surface area contributed by atoms with Crippen molar-refractivity contribution in [3.63, 3.8) is 0 Å². The van der Waals surface area contributed by atoms with Gasteiger partial charge in [0.2, 0.25) is 23.3 Å². The number of halogens is 41. The van der Waals surface area contributed by atoms with Crippen LogP contribution in [0, 0.1) is 245 Å². The average Bonchev–Trinajstić information content (AvgIpc) is 0.705. The van der Waals surface area contributed by atoms with Crippen molar-refractivity contribution < 1.29 is 180 Å². The van der Waals surface area contributed by atoms with Gasteiger partial charge in [0, 0.05) is 5.56 Å². The summed E-state index contributed by atoms with van der Waals surface area (Å²) in [5.74, 6) is -151. The topological polar surface area (TPSA) is 0 Å². The zero-order valence-corrected chi connectivity index (χ0v) is 46.5. The maximum Gasteiger partial charge on any atom is 0.200 e. The SMILES string of the molecule is Cc1c(F)c(-c2c(F)c(-c3c(F)c(F)c(-c4c(F)c(F)c(F)c(F)c4F)c(F)c3F)c(F)c(-c3c(F)c(-c4c(F)c(F)c(-c5c(F)c(F)c(F)c(F)c5F)c(F)c4F)c(F)c(-c4c(F)c(F)c(-c5c(F)c(F)c(F)c(F)c5F)c(F)c4F)c3F)c2F)c(F)c(F)c1-c1c(F)c(F)c(F)c(F)c1F. The van der Waals surface area contributed by atoms with Gasteiger partial charge in [-0.25, -0.2) is 180 Å². The summed E-state index contributed by atoms with van der Waals surface area (Å²) in [6, 6.07) is 0. The first kappa shape index (κ1) is 74.0. The van der Waals surface area contributed by atoms with E-state index in [4.69, 9.17) is 0 Å². The predicted octanol–water partition coefficient (Wildman–Crippen LogP) is 22.7. The molecule has 0 saturated carbocycles. The van der Waals surface area contributed by atoms with Gasteiger partial charge in [-0.3, -0.25) is 0 Å². The van der Waals surface area contributed by atoms with E-state index in [1.54, 1.807) is 0 Å². The monoisotopic (exact) mass is 1510 g/mol. The summed E-state index contributed by atoms with van der Waals surface area (Å²) >= 11 is 0. The van der Waals surface area contributed by atoms with Crippen LogP contribution in [0.3, 0.4) is 0 Å². The molecule has 0 fully saturated rings. The Hall–Kier alpha value is -10.7. The molecule has 0 unspecified atom stereocenters. The van der Waals surface area contributed by atoms with E-state index in [1.165, 1.54) is 0 Å². The quantitative estimate of drug-likeness (QED) is 0.0768. The van der Waals surface area contributed by atoms with Crippen LogP contribution in [0.25, 0.3) is 100 Å². The third-order valence-corrected chi connectivity index (χ3v) is 15.1. The van der Waals surface area contributed by atoms with Gasteiger partial charge in [0.05, 0.1) is 94.6 Å². The van der Waals surface area contributed by atoms with E-state index in [0.717, 1.165) is 0 Å². The Morgan fingerprint density at radius 3 is 0.275 bits per heavy atom. The predicted molar refractivity (Wildman–Crippen MR) is 258 cm³/mol. The van der Waals surface area contributed by atoms with Crippen molar-refractivity contribution in [2.75, 3.05) is 0 Å². The van der Waals surface area contributed by atoms with Crippen molar-refractivity contribution >= 4 is 0 Å². The lowest BCUT2D eigenvalue weighted by atomic mass is 9.84. The van der Waals surface area contributed by atoms with Crippen molar-refractivity contribution in [1.82, 2.24) is 0 Å². The highest BCUT2D eigenvalue weighted by atomic mass is 19.2. The minimum atomic E-state index is -4.25. The minimum absolute atomic E-state index is 0.313. The molecule has 0 radical (unpaired) electrons. The van der Waals surface area contributed by atoms with Crippen molar-refractivity contribution in [3.8, 4) is 100 Å². The fourth-order valence-electron chi connectivity index (χ4n) is 10.4. The Balaban J connectivity index is 1.47. The average molecular weight is 1510 g/mol. The summed E-state index contributed by atoms with van der Waals surface area (Å²) in [7, 11) is 0. The summed E-state index contributed by atoms with van der Waals surface area (Å²) in [6.07, 6.45) is 0. The second-order valence-electron chi connectivity index (χ2n) is 20.2. The molecule has 102 heavy (non-hydrogen) atoms. The third kappa shape index (κ3) is 9.90. The van der Waals surface area contributed by atoms with Crippen LogP contribution in [-0.4, -0.2) is 0 Å². The maximum absolute atomic E-state index is 18.0. The van der Waals surface area contributed by atoms with Crippen molar-refractivity contribution in [1.29, 1.82) is 0 Å². The van der Waals surface area contributed by atoms with Gasteiger partial charge in [-0.1, -0.05) is 0 Å². The van der Waals surface area contributed by atoms with Gasteiger partial charge >= 0.3 is 0 Å². The molecule has 534 valence electrons. The molecule has 0 aliphatic heterocycles. The van der Waals surface area contributed by atoms with E-state index in [1.807, 2.05) is 0 Å². The van der Waals surface area contributed by atoms with Crippen molar-refractivity contribution in [3.05, 3.63) is 244 Å². The molecule has 0 nitrogen and oxygen atoms in total. The minimum Gasteiger partial charge on any atom is -0.206 e. The summed E-state index contributed by atoms with van der Waals surface area (Å²) in [4.78, 5) is 0. The number of rotatable bonds is 9. The molecule has 0 bridgehead atoms. The molecule has 0 aliphatic carbocycles. The standard InChI is InChI=1S/C61H3F41/c1-2-3(4-42(83)50(91)58(99)51(92)43(4)84)28(69)29(70)5(21(2)62)6-22(63)7(24(65)9(23(6)64)12-30(71)36(77)15(37(78)31(12)72)18-44(85)52(93)59(100)53(94)45(18)86)8-25(66)10(13-32(73)38(79)16(39(80)33(13)74)19-46(87)54(95)60(101)55(96)47(19)88)27(68)11(26(8)67)14-34(75)40(81)17(41(82)35(14)76)20-48(89)56(97)61(102)57(98)49(20)90/h1H3. The Morgan fingerprint density at radius 2 is 0.147 bits per heavy atom. The molecule has 0 aromatic heterocycles. The van der Waals surface area contributed by atoms with E-state index in [0.29, 0.717) is 0 Å². The normalized spacial score (nSPS) is 11.8. The molecule has 0 spiro atoms. The number of hydrogen-bond donors (Lipinski definition) is 0. The van der Waals surface area contributed by atoms with Gasteiger partial charge in [0.1, 0.15) is 40.7 Å². The van der Waals surface area contributed by atoms with Gasteiger partial charge < -0.3 is 0 Å². The first-order valence-electron chi connectivity index (χ1n) is 25.5. The molecular formula is C61H3F41. The molecule has 0 aliphatic rings. The van der Waals surface area contributed by atoms with Gasteiger partial charge in [-0.2, -0.15) is 0 Å². The van der Waals surface area contributed by atoms with Crippen LogP contribution in [-0.2, 0) is 0 Å². The molecule has 10 rings (SSSR count). The second-order valence-corrected chi connectivity index (χ2v) is 20.2. The molecule has 0 N–H and O–H groups in total. The fraction of sp³-hybridized carbons (Fsp3) is 0.0164. The van der Waals surface area contributed by atoms with Crippen LogP contribution >= 0.6 is 0 Å². The van der Waals surface area contributed by atoms with Crippen molar-refractivity contribution in [2.24, 2.45) is 0 Å².